The van der Waals surface area contributed by atoms with Gasteiger partial charge >= 0.3 is 0 Å². The van der Waals surface area contributed by atoms with Gasteiger partial charge in [-0.25, -0.2) is 0 Å². The number of hydrogen-bond donors (Lipinski definition) is 2. The first-order chi connectivity index (χ1) is 18.8. The van der Waals surface area contributed by atoms with Gasteiger partial charge in [0.2, 0.25) is 0 Å². The highest BCUT2D eigenvalue weighted by Gasteiger charge is 2.17. The zero-order valence-corrected chi connectivity index (χ0v) is 28.1. The van der Waals surface area contributed by atoms with Gasteiger partial charge in [0.05, 0.1) is 0 Å². The molecule has 0 aromatic heterocycles. The van der Waals surface area contributed by atoms with E-state index in [2.05, 4.69) is 109 Å². The van der Waals surface area contributed by atoms with E-state index in [1.54, 1.807) is 0 Å². The lowest BCUT2D eigenvalue weighted by Gasteiger charge is -2.19. The van der Waals surface area contributed by atoms with Crippen LogP contribution in [0.1, 0.15) is 33.4 Å². The summed E-state index contributed by atoms with van der Waals surface area (Å²) in [5.41, 5.74) is 8.15. The third-order valence-electron chi connectivity index (χ3n) is 6.65. The number of rotatable bonds is 14. The topological polar surface area (TPSA) is 0 Å². The molecule has 0 heterocycles. The van der Waals surface area contributed by atoms with Crippen LogP contribution in [0.25, 0.3) is 0 Å². The molecular formula is C32H36P2S5. The number of hydrogen-bond acceptors (Lipinski definition) is 3. The standard InChI is InChI=1S/C32H36P2S5/c35-33(36,23-27-11-3-1-4-12-27)25-31-17-9-7-15-29(31)19-21-39-22-20-30-16-8-10-18-32(30)26-34(37,38)24-28-13-5-2-6-14-28/h1-18H,19-26H2,(H,35,36)(H,37,38). The monoisotopic (exact) mass is 642 g/mol. The first kappa shape index (κ1) is 31.2. The fourth-order valence-electron chi connectivity index (χ4n) is 4.76. The van der Waals surface area contributed by atoms with E-state index >= 15 is 0 Å². The summed E-state index contributed by atoms with van der Waals surface area (Å²) in [6, 6.07) is 38.7. The van der Waals surface area contributed by atoms with Crippen molar-refractivity contribution in [2.45, 2.75) is 37.5 Å². The Bertz CT molecular complexity index is 1310. The molecule has 4 rings (SSSR count). The Kier molecular flexibility index (Phi) is 12.4. The smallest absolute Gasteiger partial charge is 0.0118 e. The lowest BCUT2D eigenvalue weighted by molar-refractivity contribution is 1.09. The third-order valence-corrected chi connectivity index (χ3v) is 14.3. The summed E-state index contributed by atoms with van der Waals surface area (Å²) >= 11 is 24.1. The maximum absolute atomic E-state index is 6.02. The SMILES string of the molecule is S=P(S)(Cc1ccccc1)Cc1ccccc1CCSCCc1ccccc1CP(=S)(S)Cc1ccccc1. The molecule has 2 atom stereocenters. The maximum Gasteiger partial charge on any atom is 0.0118 e. The molecule has 7 heteroatoms. The Morgan fingerprint density at radius 2 is 0.795 bits per heavy atom. The van der Waals surface area contributed by atoms with E-state index in [1.165, 1.54) is 33.4 Å². The van der Waals surface area contributed by atoms with Crippen LogP contribution in [0.4, 0.5) is 0 Å². The third kappa shape index (κ3) is 10.9. The second kappa shape index (κ2) is 15.5. The van der Waals surface area contributed by atoms with Gasteiger partial charge < -0.3 is 0 Å². The molecule has 4 aromatic carbocycles. The van der Waals surface area contributed by atoms with E-state index in [0.717, 1.165) is 49.0 Å². The highest BCUT2D eigenvalue weighted by molar-refractivity contribution is 8.63. The van der Waals surface area contributed by atoms with Crippen LogP contribution in [0, 0.1) is 0 Å². The maximum atomic E-state index is 6.02. The molecule has 0 bridgehead atoms. The van der Waals surface area contributed by atoms with Gasteiger partial charge in [-0.2, -0.15) is 11.8 Å². The molecule has 0 aliphatic rings. The Balaban J connectivity index is 1.28. The van der Waals surface area contributed by atoms with Crippen molar-refractivity contribution in [3.8, 4) is 0 Å². The molecule has 0 aliphatic heterocycles. The lowest BCUT2D eigenvalue weighted by Crippen LogP contribution is -2.00. The Hall–Kier alpha value is -0.770. The molecule has 2 unspecified atom stereocenters. The number of thioether (sulfide) groups is 1. The van der Waals surface area contributed by atoms with E-state index in [4.69, 9.17) is 48.1 Å². The van der Waals surface area contributed by atoms with Crippen LogP contribution in [0.3, 0.4) is 0 Å². The fourth-order valence-corrected chi connectivity index (χ4v) is 12.8. The van der Waals surface area contributed by atoms with E-state index in [-0.39, 0.29) is 0 Å². The van der Waals surface area contributed by atoms with Crippen LogP contribution < -0.4 is 0 Å². The van der Waals surface area contributed by atoms with Crippen molar-refractivity contribution in [3.63, 3.8) is 0 Å². The van der Waals surface area contributed by atoms with Crippen LogP contribution in [0.5, 0.6) is 0 Å². The highest BCUT2D eigenvalue weighted by Crippen LogP contribution is 2.58. The summed E-state index contributed by atoms with van der Waals surface area (Å²) in [6.07, 6.45) is 5.69. The second-order valence-electron chi connectivity index (χ2n) is 9.95. The van der Waals surface area contributed by atoms with Crippen molar-refractivity contribution < 1.29 is 0 Å². The van der Waals surface area contributed by atoms with Gasteiger partial charge in [0.25, 0.3) is 0 Å². The van der Waals surface area contributed by atoms with Crippen molar-refractivity contribution in [2.24, 2.45) is 0 Å². The molecular weight excluding hydrogens is 607 g/mol. The molecule has 39 heavy (non-hydrogen) atoms. The zero-order valence-electron chi connectivity index (χ0n) is 22.1. The largest absolute Gasteiger partial charge is 0.161 e. The average Bonchev–Trinajstić information content (AvgIpc) is 2.90. The molecule has 0 saturated heterocycles. The van der Waals surface area contributed by atoms with Gasteiger partial charge in [-0.3, -0.25) is 0 Å². The van der Waals surface area contributed by atoms with Crippen LogP contribution in [-0.2, 0) is 61.1 Å². The summed E-state index contributed by atoms with van der Waals surface area (Å²) in [5, 5.41) is -3.57. The first-order valence-electron chi connectivity index (χ1n) is 13.2. The fraction of sp³-hybridized carbons (Fsp3) is 0.250. The van der Waals surface area contributed by atoms with E-state index in [1.807, 2.05) is 11.8 Å². The Morgan fingerprint density at radius 3 is 1.18 bits per heavy atom. The summed E-state index contributed by atoms with van der Waals surface area (Å²) in [4.78, 5) is 0. The summed E-state index contributed by atoms with van der Waals surface area (Å²) in [5.74, 6) is 2.21. The van der Waals surface area contributed by atoms with E-state index < -0.39 is 10.5 Å². The molecule has 0 amide bonds. The Labute approximate surface area is 260 Å². The molecule has 4 aromatic rings. The van der Waals surface area contributed by atoms with Crippen molar-refractivity contribution in [1.29, 1.82) is 0 Å². The van der Waals surface area contributed by atoms with Gasteiger partial charge in [-0.05, 0) is 57.7 Å². The molecule has 0 N–H and O–H groups in total. The number of benzene rings is 4. The van der Waals surface area contributed by atoms with E-state index in [0.29, 0.717) is 0 Å². The number of aryl methyl sites for hydroxylation is 2. The molecule has 0 fully saturated rings. The quantitative estimate of drug-likeness (QED) is 0.0799. The van der Waals surface area contributed by atoms with Crippen LogP contribution in [-0.4, -0.2) is 11.5 Å². The van der Waals surface area contributed by atoms with Gasteiger partial charge in [0.1, 0.15) is 0 Å². The van der Waals surface area contributed by atoms with Crippen LogP contribution in [0.2, 0.25) is 0 Å². The van der Waals surface area contributed by atoms with Crippen molar-refractivity contribution in [1.82, 2.24) is 0 Å². The minimum atomic E-state index is -1.78. The zero-order chi connectivity index (χ0) is 27.6. The molecule has 0 spiro atoms. The number of thiol groups is 2. The Morgan fingerprint density at radius 1 is 0.462 bits per heavy atom. The minimum absolute atomic E-state index is 0.889. The normalized spacial score (nSPS) is 14.4. The predicted molar refractivity (Wildman–Crippen MR) is 192 cm³/mol. The lowest BCUT2D eigenvalue weighted by atomic mass is 10.1. The first-order valence-corrected chi connectivity index (χ1v) is 23.0. The molecule has 0 aliphatic carbocycles. The molecule has 204 valence electrons. The van der Waals surface area contributed by atoms with Gasteiger partial charge in [-0.15, -0.1) is 24.5 Å². The van der Waals surface area contributed by atoms with Gasteiger partial charge in [0, 0.05) is 35.1 Å². The average molecular weight is 643 g/mol. The van der Waals surface area contributed by atoms with Crippen LogP contribution >= 0.6 is 46.7 Å². The predicted octanol–water partition coefficient (Wildman–Crippen LogP) is 10.3. The van der Waals surface area contributed by atoms with Gasteiger partial charge in [-0.1, -0.05) is 133 Å². The summed E-state index contributed by atoms with van der Waals surface area (Å²) in [7, 11) is 0. The summed E-state index contributed by atoms with van der Waals surface area (Å²) in [6.45, 7) is 0. The van der Waals surface area contributed by atoms with Crippen molar-refractivity contribution >= 4 is 70.4 Å². The highest BCUT2D eigenvalue weighted by atomic mass is 32.9. The van der Waals surface area contributed by atoms with Gasteiger partial charge in [0.15, 0.2) is 0 Å². The van der Waals surface area contributed by atoms with E-state index in [9.17, 15) is 0 Å². The summed E-state index contributed by atoms with van der Waals surface area (Å²) < 4.78 is 0. The van der Waals surface area contributed by atoms with Crippen molar-refractivity contribution in [2.75, 3.05) is 11.5 Å². The molecule has 0 nitrogen and oxygen atoms in total. The molecule has 0 saturated carbocycles. The second-order valence-corrected chi connectivity index (χ2v) is 26.2. The minimum Gasteiger partial charge on any atom is -0.161 e. The molecule has 0 radical (unpaired) electrons. The van der Waals surface area contributed by atoms with Crippen LogP contribution in [0.15, 0.2) is 109 Å². The van der Waals surface area contributed by atoms with Crippen molar-refractivity contribution in [3.05, 3.63) is 143 Å².